The number of benzene rings is 1. The van der Waals surface area contributed by atoms with Crippen LogP contribution in [0.4, 0.5) is 5.95 Å². The Balaban J connectivity index is 2.14. The Labute approximate surface area is 170 Å². The van der Waals surface area contributed by atoms with E-state index in [1.54, 1.807) is 10.6 Å². The van der Waals surface area contributed by atoms with Crippen LogP contribution in [0.5, 0.6) is 0 Å². The molecule has 3 rings (SSSR count). The van der Waals surface area contributed by atoms with Crippen molar-refractivity contribution >= 4 is 44.5 Å². The first-order chi connectivity index (χ1) is 12.8. The zero-order valence-corrected chi connectivity index (χ0v) is 18.3. The van der Waals surface area contributed by atoms with Gasteiger partial charge in [0.25, 0.3) is 5.56 Å². The third-order valence-electron chi connectivity index (χ3n) is 3.92. The van der Waals surface area contributed by atoms with Gasteiger partial charge in [-0.2, -0.15) is 9.97 Å². The molecule has 0 aliphatic rings. The van der Waals surface area contributed by atoms with Crippen LogP contribution in [0.25, 0.3) is 10.9 Å². The van der Waals surface area contributed by atoms with Gasteiger partial charge in [-0.25, -0.2) is 9.97 Å². The van der Waals surface area contributed by atoms with E-state index in [0.29, 0.717) is 39.5 Å². The zero-order valence-electron chi connectivity index (χ0n) is 15.9. The maximum Gasteiger partial charge on any atom is 0.262 e. The van der Waals surface area contributed by atoms with Crippen molar-refractivity contribution in [2.75, 3.05) is 19.0 Å². The fourth-order valence-corrected chi connectivity index (χ4v) is 3.73. The monoisotopic (exact) mass is 448 g/mol. The van der Waals surface area contributed by atoms with E-state index in [1.165, 1.54) is 11.8 Å². The van der Waals surface area contributed by atoms with Crippen molar-refractivity contribution < 1.29 is 0 Å². The fourth-order valence-electron chi connectivity index (χ4n) is 2.48. The molecule has 7 nitrogen and oxygen atoms in total. The smallest absolute Gasteiger partial charge is 0.262 e. The van der Waals surface area contributed by atoms with Crippen molar-refractivity contribution in [2.45, 2.75) is 43.5 Å². The van der Waals surface area contributed by atoms with E-state index in [9.17, 15) is 4.79 Å². The van der Waals surface area contributed by atoms with E-state index in [-0.39, 0.29) is 11.5 Å². The van der Waals surface area contributed by atoms with Crippen LogP contribution in [-0.4, -0.2) is 38.6 Å². The van der Waals surface area contributed by atoms with Gasteiger partial charge < -0.3 is 4.90 Å². The largest absolute Gasteiger partial charge is 0.347 e. The highest BCUT2D eigenvalue weighted by Gasteiger charge is 2.16. The highest BCUT2D eigenvalue weighted by atomic mass is 79.9. The summed E-state index contributed by atoms with van der Waals surface area (Å²) in [5.41, 5.74) is 0.582. The van der Waals surface area contributed by atoms with E-state index in [2.05, 4.69) is 35.9 Å². The van der Waals surface area contributed by atoms with Crippen LogP contribution < -0.4 is 10.5 Å². The average Bonchev–Trinajstić information content (AvgIpc) is 2.62. The number of hydrogen-bond donors (Lipinski definition) is 0. The molecule has 0 spiro atoms. The van der Waals surface area contributed by atoms with Crippen LogP contribution in [0.1, 0.15) is 32.5 Å². The molecule has 0 fully saturated rings. The standard InChI is InChI=1S/C18H21BrN6OS/c1-6-25-15(26)12-9-11(19)7-8-13(12)20-18(25)27-17-22-14(10(2)3)21-16(23-17)24(4)5/h7-10H,6H2,1-5H3. The van der Waals surface area contributed by atoms with Crippen molar-refractivity contribution in [1.82, 2.24) is 24.5 Å². The van der Waals surface area contributed by atoms with Crippen LogP contribution >= 0.6 is 27.7 Å². The molecule has 0 aliphatic carbocycles. The van der Waals surface area contributed by atoms with Crippen molar-refractivity contribution in [3.05, 3.63) is 38.9 Å². The zero-order chi connectivity index (χ0) is 19.7. The van der Waals surface area contributed by atoms with Gasteiger partial charge in [-0.3, -0.25) is 9.36 Å². The van der Waals surface area contributed by atoms with Gasteiger partial charge in [0.1, 0.15) is 5.82 Å². The van der Waals surface area contributed by atoms with Gasteiger partial charge in [-0.1, -0.05) is 29.8 Å². The minimum Gasteiger partial charge on any atom is -0.347 e. The lowest BCUT2D eigenvalue weighted by Crippen LogP contribution is -2.22. The maximum absolute atomic E-state index is 12.9. The fraction of sp³-hybridized carbons (Fsp3) is 0.389. The number of anilines is 1. The van der Waals surface area contributed by atoms with Gasteiger partial charge in [-0.05, 0) is 36.9 Å². The minimum absolute atomic E-state index is 0.0720. The lowest BCUT2D eigenvalue weighted by molar-refractivity contribution is 0.632. The Morgan fingerprint density at radius 2 is 1.93 bits per heavy atom. The lowest BCUT2D eigenvalue weighted by Gasteiger charge is -2.15. The second-order valence-corrected chi connectivity index (χ2v) is 8.38. The Bertz CT molecular complexity index is 1020. The molecule has 0 saturated carbocycles. The van der Waals surface area contributed by atoms with E-state index < -0.39 is 0 Å². The van der Waals surface area contributed by atoms with Crippen molar-refractivity contribution in [3.63, 3.8) is 0 Å². The summed E-state index contributed by atoms with van der Waals surface area (Å²) in [6, 6.07) is 5.52. The molecule has 0 radical (unpaired) electrons. The molecule has 0 atom stereocenters. The molecular weight excluding hydrogens is 428 g/mol. The summed E-state index contributed by atoms with van der Waals surface area (Å²) in [5.74, 6) is 1.47. The molecule has 27 heavy (non-hydrogen) atoms. The van der Waals surface area contributed by atoms with Crippen molar-refractivity contribution in [2.24, 2.45) is 0 Å². The van der Waals surface area contributed by atoms with E-state index in [4.69, 9.17) is 0 Å². The second kappa shape index (κ2) is 7.93. The van der Waals surface area contributed by atoms with Crippen molar-refractivity contribution in [3.8, 4) is 0 Å². The molecule has 9 heteroatoms. The van der Waals surface area contributed by atoms with Crippen LogP contribution in [-0.2, 0) is 6.54 Å². The SMILES string of the molecule is CCn1c(Sc2nc(C(C)C)nc(N(C)C)n2)nc2ccc(Br)cc2c1=O. The minimum atomic E-state index is -0.0720. The van der Waals surface area contributed by atoms with Gasteiger partial charge in [0.15, 0.2) is 5.16 Å². The molecule has 2 heterocycles. The normalized spacial score (nSPS) is 11.4. The topological polar surface area (TPSA) is 76.8 Å². The highest BCUT2D eigenvalue weighted by molar-refractivity contribution is 9.10. The quantitative estimate of drug-likeness (QED) is 0.550. The first kappa shape index (κ1) is 19.8. The maximum atomic E-state index is 12.9. The second-order valence-electron chi connectivity index (χ2n) is 6.53. The Hall–Kier alpha value is -2.00. The third kappa shape index (κ3) is 4.14. The number of nitrogens with zero attached hydrogens (tertiary/aromatic N) is 6. The predicted molar refractivity (Wildman–Crippen MR) is 112 cm³/mol. The third-order valence-corrected chi connectivity index (χ3v) is 5.27. The first-order valence-corrected chi connectivity index (χ1v) is 10.2. The number of hydrogen-bond acceptors (Lipinski definition) is 7. The Morgan fingerprint density at radius 1 is 1.19 bits per heavy atom. The molecule has 0 N–H and O–H groups in total. The number of aromatic nitrogens is 5. The molecule has 0 bridgehead atoms. The molecule has 1 aromatic carbocycles. The lowest BCUT2D eigenvalue weighted by atomic mass is 10.2. The number of fused-ring (bicyclic) bond motifs is 1. The van der Waals surface area contributed by atoms with E-state index in [0.717, 1.165) is 4.47 Å². The highest BCUT2D eigenvalue weighted by Crippen LogP contribution is 2.26. The van der Waals surface area contributed by atoms with Gasteiger partial charge in [0.05, 0.1) is 10.9 Å². The van der Waals surface area contributed by atoms with Crippen LogP contribution in [0.15, 0.2) is 37.8 Å². The van der Waals surface area contributed by atoms with Crippen molar-refractivity contribution in [1.29, 1.82) is 0 Å². The molecule has 3 aromatic rings. The molecule has 0 aliphatic heterocycles. The van der Waals surface area contributed by atoms with E-state index >= 15 is 0 Å². The molecule has 0 amide bonds. The number of halogens is 1. The summed E-state index contributed by atoms with van der Waals surface area (Å²) in [6.45, 7) is 6.52. The molecule has 2 aromatic heterocycles. The summed E-state index contributed by atoms with van der Waals surface area (Å²) in [5, 5.41) is 1.69. The molecular formula is C18H21BrN6OS. The summed E-state index contributed by atoms with van der Waals surface area (Å²) in [6.07, 6.45) is 0. The van der Waals surface area contributed by atoms with E-state index in [1.807, 2.05) is 51.9 Å². The Kier molecular flexibility index (Phi) is 5.81. The summed E-state index contributed by atoms with van der Waals surface area (Å²) < 4.78 is 2.50. The van der Waals surface area contributed by atoms with Gasteiger partial charge in [0, 0.05) is 31.0 Å². The summed E-state index contributed by atoms with van der Waals surface area (Å²) >= 11 is 4.70. The molecule has 0 unspecified atom stereocenters. The average molecular weight is 449 g/mol. The summed E-state index contributed by atoms with van der Waals surface area (Å²) in [4.78, 5) is 33.0. The predicted octanol–water partition coefficient (Wildman–Crippen LogP) is 3.70. The number of rotatable bonds is 5. The van der Waals surface area contributed by atoms with Crippen LogP contribution in [0.2, 0.25) is 0 Å². The Morgan fingerprint density at radius 3 is 2.56 bits per heavy atom. The summed E-state index contributed by atoms with van der Waals surface area (Å²) in [7, 11) is 3.78. The van der Waals surface area contributed by atoms with Crippen LogP contribution in [0.3, 0.4) is 0 Å². The van der Waals surface area contributed by atoms with Crippen LogP contribution in [0, 0.1) is 0 Å². The molecule has 142 valence electrons. The first-order valence-electron chi connectivity index (χ1n) is 8.61. The van der Waals surface area contributed by atoms with Gasteiger partial charge >= 0.3 is 0 Å². The molecule has 0 saturated heterocycles. The van der Waals surface area contributed by atoms with Gasteiger partial charge in [0.2, 0.25) is 11.1 Å². The van der Waals surface area contributed by atoms with Gasteiger partial charge in [-0.15, -0.1) is 0 Å².